The van der Waals surface area contributed by atoms with Crippen molar-refractivity contribution in [1.29, 1.82) is 0 Å². The Morgan fingerprint density at radius 3 is 2.43 bits per heavy atom. The largest absolute Gasteiger partial charge is 0.369 e. The van der Waals surface area contributed by atoms with Crippen molar-refractivity contribution >= 4 is 34.8 Å². The zero-order chi connectivity index (χ0) is 15.2. The highest BCUT2D eigenvalue weighted by atomic mass is 35.5. The number of nitrogens with zero attached hydrogens (tertiary/aromatic N) is 2. The number of aromatic nitrogens is 1. The standard InChI is InChI=1S/C15H24Cl2N4/c1-3-6-18-14-12(16)9-13(17)15(20-14)19-10-11(2)21-7-4-5-8-21/h9,11H,3-8,10H2,1-2H3,(H2,18,19,20). The first kappa shape index (κ1) is 16.7. The smallest absolute Gasteiger partial charge is 0.147 e. The molecule has 0 bridgehead atoms. The summed E-state index contributed by atoms with van der Waals surface area (Å²) in [7, 11) is 0. The minimum Gasteiger partial charge on any atom is -0.369 e. The molecule has 1 aliphatic heterocycles. The Balaban J connectivity index is 1.97. The van der Waals surface area contributed by atoms with Crippen LogP contribution in [0.3, 0.4) is 0 Å². The molecule has 1 fully saturated rings. The zero-order valence-corrected chi connectivity index (χ0v) is 14.3. The molecule has 6 heteroatoms. The van der Waals surface area contributed by atoms with Crippen molar-refractivity contribution in [2.45, 2.75) is 39.2 Å². The van der Waals surface area contributed by atoms with Gasteiger partial charge in [0.2, 0.25) is 0 Å². The Bertz CT molecular complexity index is 461. The van der Waals surface area contributed by atoms with Crippen molar-refractivity contribution in [2.24, 2.45) is 0 Å². The number of pyridine rings is 1. The maximum Gasteiger partial charge on any atom is 0.147 e. The van der Waals surface area contributed by atoms with Crippen LogP contribution in [0.25, 0.3) is 0 Å². The molecule has 1 aromatic rings. The Morgan fingerprint density at radius 1 is 1.19 bits per heavy atom. The molecule has 21 heavy (non-hydrogen) atoms. The van der Waals surface area contributed by atoms with Gasteiger partial charge in [-0.05, 0) is 45.3 Å². The molecular formula is C15H24Cl2N4. The predicted octanol–water partition coefficient (Wildman–Crippen LogP) is 4.11. The van der Waals surface area contributed by atoms with Crippen LogP contribution in [-0.2, 0) is 0 Å². The van der Waals surface area contributed by atoms with Gasteiger partial charge in [0.25, 0.3) is 0 Å². The Labute approximate surface area is 137 Å². The molecule has 0 radical (unpaired) electrons. The molecule has 1 aromatic heterocycles. The molecule has 1 saturated heterocycles. The minimum atomic E-state index is 0.480. The van der Waals surface area contributed by atoms with Crippen molar-refractivity contribution in [3.05, 3.63) is 16.1 Å². The second-order valence-electron chi connectivity index (χ2n) is 5.55. The molecule has 0 aromatic carbocycles. The third-order valence-electron chi connectivity index (χ3n) is 3.80. The van der Waals surface area contributed by atoms with E-state index in [0.29, 0.717) is 27.7 Å². The van der Waals surface area contributed by atoms with Crippen LogP contribution < -0.4 is 10.6 Å². The average Bonchev–Trinajstić information content (AvgIpc) is 2.99. The van der Waals surface area contributed by atoms with Crippen LogP contribution >= 0.6 is 23.2 Å². The van der Waals surface area contributed by atoms with Crippen LogP contribution in [0.15, 0.2) is 6.07 Å². The highest BCUT2D eigenvalue weighted by Crippen LogP contribution is 2.29. The Morgan fingerprint density at radius 2 is 1.81 bits per heavy atom. The van der Waals surface area contributed by atoms with E-state index in [1.165, 1.54) is 25.9 Å². The molecule has 0 spiro atoms. The molecule has 1 atom stereocenters. The summed E-state index contributed by atoms with van der Waals surface area (Å²) in [4.78, 5) is 7.00. The summed E-state index contributed by atoms with van der Waals surface area (Å²) in [5, 5.41) is 7.70. The van der Waals surface area contributed by atoms with Gasteiger partial charge >= 0.3 is 0 Å². The summed E-state index contributed by atoms with van der Waals surface area (Å²) in [5.74, 6) is 1.39. The molecule has 0 saturated carbocycles. The first-order chi connectivity index (χ1) is 10.1. The quantitative estimate of drug-likeness (QED) is 0.789. The molecule has 2 heterocycles. The summed E-state index contributed by atoms with van der Waals surface area (Å²) < 4.78 is 0. The lowest BCUT2D eigenvalue weighted by Gasteiger charge is -2.24. The highest BCUT2D eigenvalue weighted by Gasteiger charge is 2.18. The van der Waals surface area contributed by atoms with Crippen molar-refractivity contribution < 1.29 is 0 Å². The first-order valence-electron chi connectivity index (χ1n) is 7.69. The predicted molar refractivity (Wildman–Crippen MR) is 91.8 cm³/mol. The van der Waals surface area contributed by atoms with Crippen molar-refractivity contribution in [1.82, 2.24) is 9.88 Å². The maximum atomic E-state index is 6.23. The highest BCUT2D eigenvalue weighted by molar-refractivity contribution is 6.37. The SMILES string of the molecule is CCCNc1nc(NCC(C)N2CCCC2)c(Cl)cc1Cl. The van der Waals surface area contributed by atoms with E-state index in [1.807, 2.05) is 0 Å². The summed E-state index contributed by atoms with van der Waals surface area (Å²) >= 11 is 12.4. The lowest BCUT2D eigenvalue weighted by Crippen LogP contribution is -2.35. The molecule has 2 N–H and O–H groups in total. The molecule has 1 aliphatic rings. The van der Waals surface area contributed by atoms with Gasteiger partial charge in [0.1, 0.15) is 11.6 Å². The number of likely N-dealkylation sites (tertiary alicyclic amines) is 1. The number of nitrogens with one attached hydrogen (secondary N) is 2. The number of rotatable bonds is 7. The van der Waals surface area contributed by atoms with Gasteiger partial charge < -0.3 is 10.6 Å². The second-order valence-corrected chi connectivity index (χ2v) is 6.36. The van der Waals surface area contributed by atoms with Gasteiger partial charge in [-0.1, -0.05) is 30.1 Å². The molecule has 0 aliphatic carbocycles. The van der Waals surface area contributed by atoms with Gasteiger partial charge in [0.05, 0.1) is 10.0 Å². The normalized spacial score (nSPS) is 17.0. The molecule has 118 valence electrons. The van der Waals surface area contributed by atoms with Gasteiger partial charge in [-0.3, -0.25) is 4.90 Å². The minimum absolute atomic E-state index is 0.480. The topological polar surface area (TPSA) is 40.2 Å². The van der Waals surface area contributed by atoms with Gasteiger partial charge in [0.15, 0.2) is 0 Å². The summed E-state index contributed by atoms with van der Waals surface area (Å²) in [6.45, 7) is 8.40. The monoisotopic (exact) mass is 330 g/mol. The van der Waals surface area contributed by atoms with E-state index in [1.54, 1.807) is 6.07 Å². The van der Waals surface area contributed by atoms with E-state index in [2.05, 4.69) is 34.4 Å². The van der Waals surface area contributed by atoms with Crippen LogP contribution in [0.1, 0.15) is 33.1 Å². The van der Waals surface area contributed by atoms with Crippen LogP contribution in [0.5, 0.6) is 0 Å². The summed E-state index contributed by atoms with van der Waals surface area (Å²) in [5.41, 5.74) is 0. The van der Waals surface area contributed by atoms with Crippen LogP contribution in [0.4, 0.5) is 11.6 Å². The van der Waals surface area contributed by atoms with E-state index in [4.69, 9.17) is 23.2 Å². The summed E-state index contributed by atoms with van der Waals surface area (Å²) in [6, 6.07) is 2.23. The van der Waals surface area contributed by atoms with E-state index in [9.17, 15) is 0 Å². The van der Waals surface area contributed by atoms with Crippen molar-refractivity contribution in [3.63, 3.8) is 0 Å². The summed E-state index contributed by atoms with van der Waals surface area (Å²) in [6.07, 6.45) is 3.63. The van der Waals surface area contributed by atoms with Crippen molar-refractivity contribution in [2.75, 3.05) is 36.8 Å². The fraction of sp³-hybridized carbons (Fsp3) is 0.667. The van der Waals surface area contributed by atoms with E-state index in [0.717, 1.165) is 19.5 Å². The molecule has 1 unspecified atom stereocenters. The Kier molecular flexibility index (Phi) is 6.40. The van der Waals surface area contributed by atoms with Gasteiger partial charge in [-0.15, -0.1) is 0 Å². The van der Waals surface area contributed by atoms with Crippen LogP contribution in [0.2, 0.25) is 10.0 Å². The molecule has 4 nitrogen and oxygen atoms in total. The number of anilines is 2. The zero-order valence-electron chi connectivity index (χ0n) is 12.8. The van der Waals surface area contributed by atoms with Gasteiger partial charge in [0, 0.05) is 19.1 Å². The lowest BCUT2D eigenvalue weighted by atomic mass is 10.3. The fourth-order valence-electron chi connectivity index (χ4n) is 2.51. The fourth-order valence-corrected chi connectivity index (χ4v) is 3.01. The molecular weight excluding hydrogens is 307 g/mol. The lowest BCUT2D eigenvalue weighted by molar-refractivity contribution is 0.269. The van der Waals surface area contributed by atoms with Gasteiger partial charge in [-0.2, -0.15) is 0 Å². The van der Waals surface area contributed by atoms with Crippen LogP contribution in [0, 0.1) is 0 Å². The third kappa shape index (κ3) is 4.63. The second kappa shape index (κ2) is 8.06. The Hall–Kier alpha value is -0.710. The van der Waals surface area contributed by atoms with Crippen LogP contribution in [-0.4, -0.2) is 42.1 Å². The third-order valence-corrected chi connectivity index (χ3v) is 4.38. The van der Waals surface area contributed by atoms with Gasteiger partial charge in [-0.25, -0.2) is 4.98 Å². The first-order valence-corrected chi connectivity index (χ1v) is 8.45. The maximum absolute atomic E-state index is 6.23. The average molecular weight is 331 g/mol. The molecule has 0 amide bonds. The van der Waals surface area contributed by atoms with E-state index in [-0.39, 0.29) is 0 Å². The van der Waals surface area contributed by atoms with E-state index >= 15 is 0 Å². The van der Waals surface area contributed by atoms with E-state index < -0.39 is 0 Å². The molecule has 2 rings (SSSR count). The van der Waals surface area contributed by atoms with Crippen molar-refractivity contribution in [3.8, 4) is 0 Å². The number of hydrogen-bond donors (Lipinski definition) is 2. The number of hydrogen-bond acceptors (Lipinski definition) is 4. The number of halogens is 2.